The predicted octanol–water partition coefficient (Wildman–Crippen LogP) is 3.63. The molecule has 3 aromatic rings. The van der Waals surface area contributed by atoms with Crippen molar-refractivity contribution in [3.8, 4) is 5.95 Å². The lowest BCUT2D eigenvalue weighted by Crippen LogP contribution is -2.14. The first-order chi connectivity index (χ1) is 13.0. The zero-order chi connectivity index (χ0) is 19.0. The van der Waals surface area contributed by atoms with Gasteiger partial charge in [0.1, 0.15) is 5.82 Å². The van der Waals surface area contributed by atoms with E-state index in [0.29, 0.717) is 11.9 Å². The topological polar surface area (TPSA) is 84.1 Å². The number of nitrogens with zero attached hydrogens (tertiary/aromatic N) is 5. The van der Waals surface area contributed by atoms with Crippen LogP contribution in [0.4, 0.5) is 5.82 Å². The first kappa shape index (κ1) is 17.5. The normalized spacial score (nSPS) is 15.2. The molecule has 1 aliphatic rings. The molecule has 0 unspecified atom stereocenters. The van der Waals surface area contributed by atoms with Gasteiger partial charge in [-0.25, -0.2) is 14.5 Å². The van der Waals surface area contributed by atoms with Crippen LogP contribution in [0.3, 0.4) is 0 Å². The largest absolute Gasteiger partial charge is 0.478 e. The number of fused-ring (bicyclic) bond motifs is 1. The monoisotopic (exact) mass is 365 g/mol. The Morgan fingerprint density at radius 3 is 2.63 bits per heavy atom. The van der Waals surface area contributed by atoms with Gasteiger partial charge in [-0.1, -0.05) is 25.3 Å². The highest BCUT2D eigenvalue weighted by molar-refractivity contribution is 5.90. The van der Waals surface area contributed by atoms with Gasteiger partial charge in [0.25, 0.3) is 5.95 Å². The van der Waals surface area contributed by atoms with Crippen LogP contribution in [0.25, 0.3) is 16.9 Å². The Hall–Kier alpha value is -2.96. The molecule has 0 atom stereocenters. The van der Waals surface area contributed by atoms with E-state index in [1.54, 1.807) is 0 Å². The second kappa shape index (κ2) is 6.98. The average molecular weight is 365 g/mol. The molecule has 140 valence electrons. The first-order valence-corrected chi connectivity index (χ1v) is 9.30. The van der Waals surface area contributed by atoms with Gasteiger partial charge >= 0.3 is 5.97 Å². The Labute approximate surface area is 157 Å². The Kier molecular flexibility index (Phi) is 4.51. The lowest BCUT2D eigenvalue weighted by Gasteiger charge is -2.23. The summed E-state index contributed by atoms with van der Waals surface area (Å²) in [7, 11) is 3.90. The van der Waals surface area contributed by atoms with Crippen LogP contribution in [0, 0.1) is 0 Å². The fraction of sp³-hybridized carbons (Fsp3) is 0.400. The van der Waals surface area contributed by atoms with E-state index in [4.69, 9.17) is 5.11 Å². The van der Waals surface area contributed by atoms with Crippen LogP contribution < -0.4 is 4.90 Å². The minimum Gasteiger partial charge on any atom is -0.478 e. The Bertz CT molecular complexity index is 989. The predicted molar refractivity (Wildman–Crippen MR) is 104 cm³/mol. The van der Waals surface area contributed by atoms with E-state index in [2.05, 4.69) is 27.2 Å². The molecule has 0 amide bonds. The smallest absolute Gasteiger partial charge is 0.338 e. The Balaban J connectivity index is 1.80. The van der Waals surface area contributed by atoms with Crippen molar-refractivity contribution in [1.29, 1.82) is 0 Å². The van der Waals surface area contributed by atoms with E-state index < -0.39 is 5.97 Å². The summed E-state index contributed by atoms with van der Waals surface area (Å²) in [6, 6.07) is 6.43. The van der Waals surface area contributed by atoms with Crippen molar-refractivity contribution in [3.63, 3.8) is 0 Å². The van der Waals surface area contributed by atoms with Crippen molar-refractivity contribution in [2.75, 3.05) is 19.0 Å². The van der Waals surface area contributed by atoms with Gasteiger partial charge in [-0.05, 0) is 36.5 Å². The molecule has 27 heavy (non-hydrogen) atoms. The summed E-state index contributed by atoms with van der Waals surface area (Å²) in [6.45, 7) is 0. The van der Waals surface area contributed by atoms with Gasteiger partial charge in [0.05, 0.1) is 17.3 Å². The number of anilines is 1. The fourth-order valence-electron chi connectivity index (χ4n) is 3.79. The molecular formula is C20H23N5O2. The third-order valence-corrected chi connectivity index (χ3v) is 5.22. The quantitative estimate of drug-likeness (QED) is 0.760. The number of aromatic carboxylic acids is 1. The van der Waals surface area contributed by atoms with Crippen molar-refractivity contribution in [2.24, 2.45) is 0 Å². The highest BCUT2D eigenvalue weighted by Crippen LogP contribution is 2.35. The third kappa shape index (κ3) is 3.37. The second-order valence-corrected chi connectivity index (χ2v) is 7.33. The van der Waals surface area contributed by atoms with E-state index in [1.807, 2.05) is 25.1 Å². The molecule has 4 rings (SSSR count). The van der Waals surface area contributed by atoms with E-state index in [9.17, 15) is 4.79 Å². The molecule has 7 heteroatoms. The highest BCUT2D eigenvalue weighted by atomic mass is 16.4. The van der Waals surface area contributed by atoms with Crippen molar-refractivity contribution in [1.82, 2.24) is 19.7 Å². The number of carboxylic acid groups (broad SMARTS) is 1. The molecule has 1 N–H and O–H groups in total. The van der Waals surface area contributed by atoms with Gasteiger partial charge in [-0.3, -0.25) is 0 Å². The highest BCUT2D eigenvalue weighted by Gasteiger charge is 2.18. The van der Waals surface area contributed by atoms with Crippen molar-refractivity contribution in [2.45, 2.75) is 38.0 Å². The summed E-state index contributed by atoms with van der Waals surface area (Å²) in [4.78, 5) is 22.3. The van der Waals surface area contributed by atoms with E-state index in [0.717, 1.165) is 16.7 Å². The van der Waals surface area contributed by atoms with E-state index >= 15 is 0 Å². The second-order valence-electron chi connectivity index (χ2n) is 7.33. The Morgan fingerprint density at radius 1 is 1.19 bits per heavy atom. The first-order valence-electron chi connectivity index (χ1n) is 9.30. The molecule has 0 saturated heterocycles. The molecule has 1 aromatic carbocycles. The summed E-state index contributed by atoms with van der Waals surface area (Å²) in [5.41, 5.74) is 2.29. The zero-order valence-corrected chi connectivity index (χ0v) is 15.6. The molecule has 2 heterocycles. The molecule has 1 fully saturated rings. The number of carbonyl (C=O) groups is 1. The van der Waals surface area contributed by atoms with Crippen molar-refractivity contribution >= 4 is 22.7 Å². The molecule has 1 saturated carbocycles. The maximum atomic E-state index is 11.1. The molecule has 0 bridgehead atoms. The average Bonchev–Trinajstić information content (AvgIpc) is 3.18. The molecule has 0 aliphatic heterocycles. The third-order valence-electron chi connectivity index (χ3n) is 5.22. The molecule has 0 radical (unpaired) electrons. The van der Waals surface area contributed by atoms with Gasteiger partial charge < -0.3 is 10.0 Å². The van der Waals surface area contributed by atoms with Crippen LogP contribution in [0.15, 0.2) is 30.6 Å². The summed E-state index contributed by atoms with van der Waals surface area (Å²) < 4.78 is 1.41. The van der Waals surface area contributed by atoms with Crippen LogP contribution in [-0.4, -0.2) is 44.9 Å². The minimum atomic E-state index is -1.02. The summed E-state index contributed by atoms with van der Waals surface area (Å²) in [6.07, 6.45) is 9.15. The maximum Gasteiger partial charge on any atom is 0.338 e. The van der Waals surface area contributed by atoms with E-state index in [1.165, 1.54) is 54.7 Å². The van der Waals surface area contributed by atoms with Crippen molar-refractivity contribution < 1.29 is 9.90 Å². The van der Waals surface area contributed by atoms with Crippen LogP contribution in [0.5, 0.6) is 0 Å². The number of hydrogen-bond acceptors (Lipinski definition) is 5. The van der Waals surface area contributed by atoms with Gasteiger partial charge in [0.15, 0.2) is 0 Å². The molecule has 2 aromatic heterocycles. The van der Waals surface area contributed by atoms with Gasteiger partial charge in [-0.15, -0.1) is 0 Å². The lowest BCUT2D eigenvalue weighted by molar-refractivity contribution is 0.0697. The number of benzene rings is 1. The summed E-state index contributed by atoms with van der Waals surface area (Å²) >= 11 is 0. The van der Waals surface area contributed by atoms with Gasteiger partial charge in [0, 0.05) is 25.7 Å². The Morgan fingerprint density at radius 2 is 1.96 bits per heavy atom. The van der Waals surface area contributed by atoms with Crippen LogP contribution in [0.2, 0.25) is 0 Å². The maximum absolute atomic E-state index is 11.1. The molecule has 0 spiro atoms. The fourth-order valence-corrected chi connectivity index (χ4v) is 3.79. The molecule has 1 aliphatic carbocycles. The minimum absolute atomic E-state index is 0.109. The molecule has 7 nitrogen and oxygen atoms in total. The summed E-state index contributed by atoms with van der Waals surface area (Å²) in [5, 5.41) is 14.2. The van der Waals surface area contributed by atoms with E-state index in [-0.39, 0.29) is 5.56 Å². The van der Waals surface area contributed by atoms with Crippen LogP contribution in [0.1, 0.15) is 53.9 Å². The SMILES string of the molecule is CN(C)c1nc(-n2cc(C(=O)O)cn2)nc2ccc(C3CCCCC3)cc12. The van der Waals surface area contributed by atoms with Gasteiger partial charge in [0.2, 0.25) is 0 Å². The number of aromatic nitrogens is 4. The molecular weight excluding hydrogens is 342 g/mol. The van der Waals surface area contributed by atoms with Crippen molar-refractivity contribution in [3.05, 3.63) is 41.7 Å². The number of carboxylic acids is 1. The standard InChI is InChI=1S/C20H23N5O2/c1-24(2)18-16-10-14(13-6-4-3-5-7-13)8-9-17(16)22-20(23-18)25-12-15(11-21-25)19(26)27/h8-13H,3-7H2,1-2H3,(H,26,27). The number of hydrogen-bond donors (Lipinski definition) is 1. The lowest BCUT2D eigenvalue weighted by atomic mass is 9.84. The number of rotatable bonds is 4. The zero-order valence-electron chi connectivity index (χ0n) is 15.6. The van der Waals surface area contributed by atoms with Gasteiger partial charge in [-0.2, -0.15) is 10.1 Å². The van der Waals surface area contributed by atoms with Crippen LogP contribution in [-0.2, 0) is 0 Å². The summed E-state index contributed by atoms with van der Waals surface area (Å²) in [5.74, 6) is 0.762. The van der Waals surface area contributed by atoms with Crippen LogP contribution >= 0.6 is 0 Å².